The van der Waals surface area contributed by atoms with E-state index in [0.29, 0.717) is 0 Å². The molecule has 0 atom stereocenters. The van der Waals surface area contributed by atoms with E-state index in [-0.39, 0.29) is 17.5 Å². The van der Waals surface area contributed by atoms with Crippen LogP contribution in [0.3, 0.4) is 0 Å². The summed E-state index contributed by atoms with van der Waals surface area (Å²) in [6.07, 6.45) is 0. The zero-order chi connectivity index (χ0) is 49.3. The van der Waals surface area contributed by atoms with Gasteiger partial charge in [0, 0.05) is 66.8 Å². The van der Waals surface area contributed by atoms with Gasteiger partial charge in [-0.15, -0.1) is 0 Å². The molecule has 0 radical (unpaired) electrons. The molecule has 2 aliphatic heterocycles. The summed E-state index contributed by atoms with van der Waals surface area (Å²) in [5.41, 5.74) is 23.7. The summed E-state index contributed by atoms with van der Waals surface area (Å²) in [5, 5.41) is 4.53. The maximum Gasteiger partial charge on any atom is 0.252 e. The van der Waals surface area contributed by atoms with E-state index in [1.165, 1.54) is 55.8 Å². The lowest BCUT2D eigenvalue weighted by atomic mass is 9.33. The highest BCUT2D eigenvalue weighted by molar-refractivity contribution is 7.00. The van der Waals surface area contributed by atoms with Gasteiger partial charge in [0.25, 0.3) is 6.71 Å². The van der Waals surface area contributed by atoms with Crippen molar-refractivity contribution in [1.82, 2.24) is 0 Å². The first kappa shape index (κ1) is 43.3. The predicted molar refractivity (Wildman–Crippen MR) is 309 cm³/mol. The molecular weight excluding hydrogens is 888 g/mol. The van der Waals surface area contributed by atoms with Gasteiger partial charge in [-0.2, -0.15) is 0 Å². The SMILES string of the molecule is CC(C)(C)c1ccc2c(c1)B1c3ccc(C(C)(C)C)cc3N(c3ccc(-c4cccc5c4oc4ccccc45)cc3)c3cc(-c4ccccc4)cc(c31)N2c1ccc(-c2cccc3c2oc2ccccc23)cc1. The Hall–Kier alpha value is -8.54. The standard InChI is InChI=1S/C68H53BN2O2/c1-67(2,3)46-31-37-58-57(40-46)69-56-36-30-47(68(4,5)6)41-59(56)71(49-34-28-44(29-35-49)51-21-15-23-55-53-19-11-13-25-63(53)73-66(51)55)61-39-45(42-16-8-7-9-17-42)38-60(64(61)69)70(58)48-32-26-43(27-33-48)50-20-14-22-54-52-18-10-12-24-62(52)72-65(50)54/h7-41H,1-6H3. The van der Waals surface area contributed by atoms with Gasteiger partial charge in [-0.3, -0.25) is 0 Å². The van der Waals surface area contributed by atoms with E-state index in [4.69, 9.17) is 8.83 Å². The lowest BCUT2D eigenvalue weighted by molar-refractivity contribution is 0.590. The van der Waals surface area contributed by atoms with E-state index in [0.717, 1.165) is 83.1 Å². The van der Waals surface area contributed by atoms with Crippen LogP contribution in [0.2, 0.25) is 0 Å². The van der Waals surface area contributed by atoms with Crippen LogP contribution < -0.4 is 26.2 Å². The van der Waals surface area contributed by atoms with E-state index in [2.05, 4.69) is 252 Å². The Morgan fingerprint density at radius 2 is 0.822 bits per heavy atom. The van der Waals surface area contributed by atoms with E-state index in [1.54, 1.807) is 0 Å². The lowest BCUT2D eigenvalue weighted by Crippen LogP contribution is -2.61. The zero-order valence-electron chi connectivity index (χ0n) is 42.0. The maximum absolute atomic E-state index is 6.56. The summed E-state index contributed by atoms with van der Waals surface area (Å²) in [5.74, 6) is 0. The van der Waals surface area contributed by atoms with Crippen LogP contribution in [0.1, 0.15) is 52.7 Å². The highest BCUT2D eigenvalue weighted by atomic mass is 16.3. The Balaban J connectivity index is 1.00. The average Bonchev–Trinajstić information content (AvgIpc) is 3.99. The fourth-order valence-corrected chi connectivity index (χ4v) is 11.8. The summed E-state index contributed by atoms with van der Waals surface area (Å²) >= 11 is 0. The van der Waals surface area contributed by atoms with Gasteiger partial charge >= 0.3 is 0 Å². The third kappa shape index (κ3) is 6.82. The minimum absolute atomic E-state index is 0.0291. The molecule has 4 heterocycles. The third-order valence-corrected chi connectivity index (χ3v) is 15.6. The number of nitrogens with zero attached hydrogens (tertiary/aromatic N) is 2. The quantitative estimate of drug-likeness (QED) is 0.161. The van der Waals surface area contributed by atoms with Crippen molar-refractivity contribution in [1.29, 1.82) is 0 Å². The van der Waals surface area contributed by atoms with Crippen LogP contribution in [0.5, 0.6) is 0 Å². The fourth-order valence-electron chi connectivity index (χ4n) is 11.8. The van der Waals surface area contributed by atoms with Gasteiger partial charge in [-0.25, -0.2) is 0 Å². The summed E-state index contributed by atoms with van der Waals surface area (Å²) in [7, 11) is 0. The molecule has 350 valence electrons. The van der Waals surface area contributed by atoms with Crippen molar-refractivity contribution in [2.45, 2.75) is 52.4 Å². The Labute approximate surface area is 426 Å². The van der Waals surface area contributed by atoms with Crippen molar-refractivity contribution in [3.05, 3.63) is 223 Å². The van der Waals surface area contributed by atoms with Crippen molar-refractivity contribution in [2.24, 2.45) is 0 Å². The van der Waals surface area contributed by atoms with Crippen molar-refractivity contribution in [3.8, 4) is 33.4 Å². The van der Waals surface area contributed by atoms with Gasteiger partial charge in [0.1, 0.15) is 22.3 Å². The maximum atomic E-state index is 6.56. The summed E-state index contributed by atoms with van der Waals surface area (Å²) in [4.78, 5) is 5.07. The van der Waals surface area contributed by atoms with Gasteiger partial charge in [-0.1, -0.05) is 193 Å². The molecule has 10 aromatic carbocycles. The van der Waals surface area contributed by atoms with Gasteiger partial charge in [0.05, 0.1) is 0 Å². The number of para-hydroxylation sites is 4. The molecule has 0 N–H and O–H groups in total. The van der Waals surface area contributed by atoms with Gasteiger partial charge in [0.2, 0.25) is 0 Å². The van der Waals surface area contributed by atoms with Gasteiger partial charge in [-0.05, 0) is 121 Å². The first-order chi connectivity index (χ1) is 35.5. The third-order valence-electron chi connectivity index (χ3n) is 15.6. The molecule has 73 heavy (non-hydrogen) atoms. The average molecular weight is 941 g/mol. The minimum Gasteiger partial charge on any atom is -0.455 e. The highest BCUT2D eigenvalue weighted by Crippen LogP contribution is 2.48. The molecule has 0 spiro atoms. The minimum atomic E-state index is -0.0735. The molecule has 5 heteroatoms. The molecule has 0 amide bonds. The number of furan rings is 2. The second kappa shape index (κ2) is 16.0. The Kier molecular flexibility index (Phi) is 9.47. The molecule has 4 nitrogen and oxygen atoms in total. The van der Waals surface area contributed by atoms with E-state index >= 15 is 0 Å². The molecule has 14 rings (SSSR count). The van der Waals surface area contributed by atoms with Crippen LogP contribution in [0.4, 0.5) is 34.1 Å². The van der Waals surface area contributed by atoms with Crippen molar-refractivity contribution >= 4 is 101 Å². The molecule has 2 aromatic heterocycles. The number of hydrogen-bond acceptors (Lipinski definition) is 4. The predicted octanol–water partition coefficient (Wildman–Crippen LogP) is 17.2. The molecule has 12 aromatic rings. The van der Waals surface area contributed by atoms with Crippen LogP contribution in [0.25, 0.3) is 77.3 Å². The monoisotopic (exact) mass is 940 g/mol. The molecule has 0 aliphatic carbocycles. The molecular formula is C68H53BN2O2. The number of benzene rings is 10. The largest absolute Gasteiger partial charge is 0.455 e. The molecule has 0 saturated carbocycles. The normalized spacial score (nSPS) is 13.3. The second-order valence-electron chi connectivity index (χ2n) is 22.1. The van der Waals surface area contributed by atoms with E-state index in [9.17, 15) is 0 Å². The molecule has 0 unspecified atom stereocenters. The number of anilines is 6. The van der Waals surface area contributed by atoms with Crippen LogP contribution in [0.15, 0.2) is 221 Å². The molecule has 0 saturated heterocycles. The van der Waals surface area contributed by atoms with Crippen LogP contribution in [-0.4, -0.2) is 6.71 Å². The van der Waals surface area contributed by atoms with Crippen LogP contribution >= 0.6 is 0 Å². The van der Waals surface area contributed by atoms with Crippen molar-refractivity contribution in [2.75, 3.05) is 9.80 Å². The summed E-state index contributed by atoms with van der Waals surface area (Å²) in [6.45, 7) is 13.9. The smallest absolute Gasteiger partial charge is 0.252 e. The van der Waals surface area contributed by atoms with Crippen LogP contribution in [0, 0.1) is 0 Å². The second-order valence-corrected chi connectivity index (χ2v) is 22.1. The molecule has 2 aliphatic rings. The Bertz CT molecular complexity index is 4170. The number of hydrogen-bond donors (Lipinski definition) is 0. The summed E-state index contributed by atoms with van der Waals surface area (Å²) < 4.78 is 13.1. The van der Waals surface area contributed by atoms with E-state index < -0.39 is 0 Å². The first-order valence-corrected chi connectivity index (χ1v) is 25.6. The topological polar surface area (TPSA) is 32.8 Å². The van der Waals surface area contributed by atoms with Crippen molar-refractivity contribution in [3.63, 3.8) is 0 Å². The fraction of sp³-hybridized carbons (Fsp3) is 0.118. The first-order valence-electron chi connectivity index (χ1n) is 25.6. The number of fused-ring (bicyclic) bond motifs is 10. The van der Waals surface area contributed by atoms with Crippen molar-refractivity contribution < 1.29 is 8.83 Å². The lowest BCUT2D eigenvalue weighted by Gasteiger charge is -2.45. The number of rotatable bonds is 5. The Morgan fingerprint density at radius 1 is 0.342 bits per heavy atom. The van der Waals surface area contributed by atoms with Gasteiger partial charge < -0.3 is 18.6 Å². The van der Waals surface area contributed by atoms with Crippen LogP contribution in [-0.2, 0) is 10.8 Å². The highest BCUT2D eigenvalue weighted by Gasteiger charge is 2.44. The Morgan fingerprint density at radius 3 is 1.37 bits per heavy atom. The van der Waals surface area contributed by atoms with E-state index in [1.807, 2.05) is 12.1 Å². The zero-order valence-corrected chi connectivity index (χ0v) is 42.0. The summed E-state index contributed by atoms with van der Waals surface area (Å²) in [6, 6.07) is 78.2. The van der Waals surface area contributed by atoms with Gasteiger partial charge in [0.15, 0.2) is 0 Å². The molecule has 0 fully saturated rings. The molecule has 0 bridgehead atoms.